The average Bonchev–Trinajstić information content (AvgIpc) is 2.59. The first-order valence-corrected chi connectivity index (χ1v) is 8.06. The summed E-state index contributed by atoms with van der Waals surface area (Å²) in [6.45, 7) is -1.38. The predicted molar refractivity (Wildman–Crippen MR) is 86.5 cm³/mol. The highest BCUT2D eigenvalue weighted by molar-refractivity contribution is 6.32. The number of ether oxygens (including phenoxy) is 1. The molecule has 0 radical (unpaired) electrons. The van der Waals surface area contributed by atoms with E-state index in [9.17, 15) is 22.8 Å². The fraction of sp³-hybridized carbons (Fsp3) is 0.438. The number of hydrogen-bond donors (Lipinski definition) is 1. The number of nitrogens with zero attached hydrogens (tertiary/aromatic N) is 2. The first-order chi connectivity index (χ1) is 12.2. The fourth-order valence-corrected chi connectivity index (χ4v) is 2.71. The number of benzene rings is 1. The van der Waals surface area contributed by atoms with Gasteiger partial charge in [0.05, 0.1) is 10.6 Å². The molecule has 1 aliphatic heterocycles. The molecular weight excluding hydrogens is 375 g/mol. The highest BCUT2D eigenvalue weighted by atomic mass is 35.5. The van der Waals surface area contributed by atoms with E-state index >= 15 is 0 Å². The van der Waals surface area contributed by atoms with Crippen molar-refractivity contribution in [3.63, 3.8) is 0 Å². The minimum Gasteiger partial charge on any atom is -0.440 e. The van der Waals surface area contributed by atoms with Gasteiger partial charge in [0.2, 0.25) is 5.91 Å². The molecule has 0 saturated carbocycles. The van der Waals surface area contributed by atoms with Crippen molar-refractivity contribution in [3.05, 3.63) is 28.8 Å². The molecule has 0 aliphatic carbocycles. The molecule has 0 atom stereocenters. The third-order valence-corrected chi connectivity index (χ3v) is 4.15. The number of likely N-dealkylation sites (tertiary alicyclic amines) is 1. The number of nitriles is 1. The number of rotatable bonds is 3. The Kier molecular flexibility index (Phi) is 6.32. The maximum absolute atomic E-state index is 12.3. The summed E-state index contributed by atoms with van der Waals surface area (Å²) < 4.78 is 40.4. The number of carbonyl (C=O) groups is 2. The van der Waals surface area contributed by atoms with E-state index < -0.39 is 24.8 Å². The summed E-state index contributed by atoms with van der Waals surface area (Å²) in [5, 5.41) is 11.7. The van der Waals surface area contributed by atoms with Crippen LogP contribution in [0.5, 0.6) is 0 Å². The molecule has 0 aromatic heterocycles. The van der Waals surface area contributed by atoms with Crippen molar-refractivity contribution in [3.8, 4) is 6.07 Å². The summed E-state index contributed by atoms with van der Waals surface area (Å²) in [6.07, 6.45) is -5.01. The summed E-state index contributed by atoms with van der Waals surface area (Å²) >= 11 is 5.90. The molecule has 0 bridgehead atoms. The molecule has 1 aromatic rings. The van der Waals surface area contributed by atoms with Gasteiger partial charge in [-0.3, -0.25) is 4.79 Å². The van der Waals surface area contributed by atoms with E-state index in [-0.39, 0.29) is 29.6 Å². The van der Waals surface area contributed by atoms with Crippen molar-refractivity contribution in [2.45, 2.75) is 19.0 Å². The summed E-state index contributed by atoms with van der Waals surface area (Å²) in [4.78, 5) is 25.0. The number of carbonyl (C=O) groups excluding carboxylic acids is 2. The van der Waals surface area contributed by atoms with Crippen molar-refractivity contribution in [2.24, 2.45) is 5.92 Å². The number of halogens is 4. The molecule has 1 aromatic carbocycles. The van der Waals surface area contributed by atoms with Gasteiger partial charge in [-0.25, -0.2) is 4.79 Å². The highest BCUT2D eigenvalue weighted by Gasteiger charge is 2.33. The normalized spacial score (nSPS) is 15.3. The molecule has 1 fully saturated rings. The van der Waals surface area contributed by atoms with Crippen molar-refractivity contribution >= 4 is 29.3 Å². The minimum absolute atomic E-state index is 0.128. The SMILES string of the molecule is N#Cc1ccc(NC(=O)C2CCN(C(=O)OCC(F)(F)F)CC2)cc1Cl. The summed E-state index contributed by atoms with van der Waals surface area (Å²) in [5.74, 6) is -0.676. The predicted octanol–water partition coefficient (Wildman–Crippen LogP) is 3.56. The lowest BCUT2D eigenvalue weighted by Gasteiger charge is -2.30. The molecule has 0 unspecified atom stereocenters. The number of anilines is 1. The van der Waals surface area contributed by atoms with E-state index in [4.69, 9.17) is 16.9 Å². The topological polar surface area (TPSA) is 82.4 Å². The Balaban J connectivity index is 1.84. The second-order valence-corrected chi connectivity index (χ2v) is 6.13. The van der Waals surface area contributed by atoms with Crippen molar-refractivity contribution < 1.29 is 27.5 Å². The standard InChI is InChI=1S/C16H15ClF3N3O3/c17-13-7-12(2-1-11(13)8-21)22-14(24)10-3-5-23(6-4-10)15(25)26-9-16(18,19)20/h1-2,7,10H,3-6,9H2,(H,22,24). The molecule has 2 rings (SSSR count). The molecule has 6 nitrogen and oxygen atoms in total. The zero-order chi connectivity index (χ0) is 19.3. The van der Waals surface area contributed by atoms with Crippen LogP contribution in [-0.2, 0) is 9.53 Å². The van der Waals surface area contributed by atoms with Gasteiger partial charge >= 0.3 is 12.3 Å². The Morgan fingerprint density at radius 2 is 2.00 bits per heavy atom. The van der Waals surface area contributed by atoms with Crippen molar-refractivity contribution in [2.75, 3.05) is 25.0 Å². The Morgan fingerprint density at radius 3 is 2.54 bits per heavy atom. The van der Waals surface area contributed by atoms with Gasteiger partial charge in [-0.2, -0.15) is 18.4 Å². The number of alkyl halides is 3. The van der Waals surface area contributed by atoms with Gasteiger partial charge in [0, 0.05) is 24.7 Å². The van der Waals surface area contributed by atoms with Crippen LogP contribution >= 0.6 is 11.6 Å². The van der Waals surface area contributed by atoms with Gasteiger partial charge in [-0.1, -0.05) is 11.6 Å². The Bertz CT molecular complexity index is 726. The highest BCUT2D eigenvalue weighted by Crippen LogP contribution is 2.24. The Labute approximate surface area is 152 Å². The molecule has 140 valence electrons. The number of hydrogen-bond acceptors (Lipinski definition) is 4. The van der Waals surface area contributed by atoms with E-state index in [1.807, 2.05) is 6.07 Å². The minimum atomic E-state index is -4.57. The lowest BCUT2D eigenvalue weighted by molar-refractivity contribution is -0.162. The molecule has 10 heteroatoms. The maximum Gasteiger partial charge on any atom is 0.422 e. The molecule has 1 N–H and O–H groups in total. The molecule has 1 saturated heterocycles. The number of piperidine rings is 1. The second-order valence-electron chi connectivity index (χ2n) is 5.73. The van der Waals surface area contributed by atoms with Crippen LogP contribution in [0.1, 0.15) is 18.4 Å². The quantitative estimate of drug-likeness (QED) is 0.856. The second kappa shape index (κ2) is 8.27. The summed E-state index contributed by atoms with van der Waals surface area (Å²) in [7, 11) is 0. The lowest BCUT2D eigenvalue weighted by atomic mass is 9.96. The fourth-order valence-electron chi connectivity index (χ4n) is 2.49. The van der Waals surface area contributed by atoms with Gasteiger partial charge in [-0.05, 0) is 31.0 Å². The monoisotopic (exact) mass is 389 g/mol. The number of nitrogens with one attached hydrogen (secondary N) is 1. The Morgan fingerprint density at radius 1 is 1.35 bits per heavy atom. The largest absolute Gasteiger partial charge is 0.440 e. The summed E-state index contributed by atoms with van der Waals surface area (Å²) in [5.41, 5.74) is 0.723. The maximum atomic E-state index is 12.3. The zero-order valence-electron chi connectivity index (χ0n) is 13.5. The third kappa shape index (κ3) is 5.52. The lowest BCUT2D eigenvalue weighted by Crippen LogP contribution is -2.42. The van der Waals surface area contributed by atoms with Gasteiger partial charge in [0.1, 0.15) is 6.07 Å². The van der Waals surface area contributed by atoms with Crippen LogP contribution in [0.25, 0.3) is 0 Å². The number of amides is 2. The van der Waals surface area contributed by atoms with Crippen LogP contribution in [0.3, 0.4) is 0 Å². The van der Waals surface area contributed by atoms with Crippen LogP contribution in [-0.4, -0.2) is 42.8 Å². The van der Waals surface area contributed by atoms with Crippen LogP contribution in [0, 0.1) is 17.2 Å². The van der Waals surface area contributed by atoms with Crippen molar-refractivity contribution in [1.82, 2.24) is 4.90 Å². The third-order valence-electron chi connectivity index (χ3n) is 3.84. The van der Waals surface area contributed by atoms with Gasteiger partial charge < -0.3 is 15.0 Å². The van der Waals surface area contributed by atoms with E-state index in [2.05, 4.69) is 10.1 Å². The average molecular weight is 390 g/mol. The van der Waals surface area contributed by atoms with E-state index in [0.29, 0.717) is 18.5 Å². The van der Waals surface area contributed by atoms with Crippen LogP contribution in [0.15, 0.2) is 18.2 Å². The summed E-state index contributed by atoms with van der Waals surface area (Å²) in [6, 6.07) is 6.40. The molecule has 26 heavy (non-hydrogen) atoms. The smallest absolute Gasteiger partial charge is 0.422 e. The Hall–Kier alpha value is -2.47. The van der Waals surface area contributed by atoms with Gasteiger partial charge in [-0.15, -0.1) is 0 Å². The first kappa shape index (κ1) is 19.8. The molecular formula is C16H15ClF3N3O3. The molecule has 2 amide bonds. The van der Waals surface area contributed by atoms with Crippen LogP contribution in [0.2, 0.25) is 5.02 Å². The molecule has 0 spiro atoms. The van der Waals surface area contributed by atoms with Crippen molar-refractivity contribution in [1.29, 1.82) is 5.26 Å². The van der Waals surface area contributed by atoms with Gasteiger partial charge in [0.25, 0.3) is 0 Å². The first-order valence-electron chi connectivity index (χ1n) is 7.68. The van der Waals surface area contributed by atoms with E-state index in [1.54, 1.807) is 6.07 Å². The van der Waals surface area contributed by atoms with E-state index in [1.165, 1.54) is 12.1 Å². The zero-order valence-corrected chi connectivity index (χ0v) is 14.2. The van der Waals surface area contributed by atoms with E-state index in [0.717, 1.165) is 4.90 Å². The van der Waals surface area contributed by atoms with Crippen LogP contribution < -0.4 is 5.32 Å². The molecule has 1 aliphatic rings. The molecule has 1 heterocycles. The van der Waals surface area contributed by atoms with Gasteiger partial charge in [0.15, 0.2) is 6.61 Å². The van der Waals surface area contributed by atoms with Crippen LogP contribution in [0.4, 0.5) is 23.7 Å².